The van der Waals surface area contributed by atoms with E-state index in [4.69, 9.17) is 0 Å². The first-order valence-electron chi connectivity index (χ1n) is 13.7. The molecule has 0 aliphatic heterocycles. The summed E-state index contributed by atoms with van der Waals surface area (Å²) in [6.45, 7) is 15.2. The second-order valence-corrected chi connectivity index (χ2v) is 9.91. The Bertz CT molecular complexity index is 1160. The van der Waals surface area contributed by atoms with E-state index < -0.39 is 0 Å². The normalized spacial score (nSPS) is 16.5. The maximum absolute atomic E-state index is 3.55. The SMILES string of the molecule is C/C=C\C=C(/CCC1=CCC=CC=C1)N/C=C/C(C)/C(C)=C\c1cc(C)cc(CC(=C/C)/C(C)=C/C)c1. The summed E-state index contributed by atoms with van der Waals surface area (Å²) in [5, 5.41) is 3.55. The molecule has 1 aliphatic carbocycles. The van der Waals surface area contributed by atoms with Crippen molar-refractivity contribution in [3.8, 4) is 0 Å². The van der Waals surface area contributed by atoms with Gasteiger partial charge in [0.05, 0.1) is 0 Å². The minimum atomic E-state index is 0.342. The molecule has 37 heavy (non-hydrogen) atoms. The minimum absolute atomic E-state index is 0.342. The van der Waals surface area contributed by atoms with Crippen LogP contribution in [0.15, 0.2) is 119 Å². The van der Waals surface area contributed by atoms with Crippen LogP contribution in [0.3, 0.4) is 0 Å². The standard InChI is InChI=1S/C36H47N/c1-8-11-18-36(20-19-32-16-14-12-13-15-17-32)37-22-21-30(6)31(7)25-33-23-28(4)24-34(26-33)27-35(10-3)29(5)9-2/h8-14,16-18,21-26,30,37H,15,19-20,27H2,1-7H3/b11-8-,22-21+,29-9+,31-25-,35-10-,36-18+. The second-order valence-electron chi connectivity index (χ2n) is 9.91. The third-order valence-corrected chi connectivity index (χ3v) is 6.85. The molecule has 1 aromatic carbocycles. The van der Waals surface area contributed by atoms with Gasteiger partial charge in [-0.05, 0) is 102 Å². The van der Waals surface area contributed by atoms with E-state index in [1.54, 1.807) is 0 Å². The highest BCUT2D eigenvalue weighted by atomic mass is 14.8. The number of hydrogen-bond donors (Lipinski definition) is 1. The average Bonchev–Trinajstić information content (AvgIpc) is 3.16. The lowest BCUT2D eigenvalue weighted by atomic mass is 9.94. The fraction of sp³-hybridized carbons (Fsp3) is 0.333. The van der Waals surface area contributed by atoms with Gasteiger partial charge in [0.15, 0.2) is 0 Å². The monoisotopic (exact) mass is 493 g/mol. The molecule has 0 bridgehead atoms. The van der Waals surface area contributed by atoms with E-state index in [0.717, 1.165) is 25.7 Å². The van der Waals surface area contributed by atoms with E-state index in [2.05, 4.69) is 151 Å². The summed E-state index contributed by atoms with van der Waals surface area (Å²) in [4.78, 5) is 0. The summed E-state index contributed by atoms with van der Waals surface area (Å²) in [5.41, 5.74) is 10.7. The number of nitrogens with one attached hydrogen (secondary N) is 1. The topological polar surface area (TPSA) is 12.0 Å². The summed E-state index contributed by atoms with van der Waals surface area (Å²) in [5.74, 6) is 0.342. The van der Waals surface area contributed by atoms with E-state index in [0.29, 0.717) is 5.92 Å². The molecule has 1 aromatic rings. The fourth-order valence-electron chi connectivity index (χ4n) is 4.30. The van der Waals surface area contributed by atoms with Gasteiger partial charge in [-0.25, -0.2) is 0 Å². The summed E-state index contributed by atoms with van der Waals surface area (Å²) in [6.07, 6.45) is 32.5. The van der Waals surface area contributed by atoms with E-state index in [1.807, 2.05) is 0 Å². The maximum Gasteiger partial charge on any atom is 0.0149 e. The molecule has 1 heteroatoms. The highest BCUT2D eigenvalue weighted by molar-refractivity contribution is 5.56. The first-order chi connectivity index (χ1) is 17.9. The van der Waals surface area contributed by atoms with Crippen molar-refractivity contribution in [3.05, 3.63) is 136 Å². The number of aryl methyl sites for hydroxylation is 1. The summed E-state index contributed by atoms with van der Waals surface area (Å²) in [6, 6.07) is 6.92. The lowest BCUT2D eigenvalue weighted by Gasteiger charge is -2.12. The average molecular weight is 494 g/mol. The van der Waals surface area contributed by atoms with E-state index in [-0.39, 0.29) is 0 Å². The van der Waals surface area contributed by atoms with Crippen LogP contribution in [-0.2, 0) is 6.42 Å². The van der Waals surface area contributed by atoms with Crippen LogP contribution in [0.5, 0.6) is 0 Å². The van der Waals surface area contributed by atoms with Crippen molar-refractivity contribution in [2.45, 2.75) is 74.1 Å². The first-order valence-corrected chi connectivity index (χ1v) is 13.7. The molecule has 0 heterocycles. The molecule has 1 atom stereocenters. The van der Waals surface area contributed by atoms with Gasteiger partial charge in [0.2, 0.25) is 0 Å². The van der Waals surface area contributed by atoms with Crippen molar-refractivity contribution in [2.24, 2.45) is 5.92 Å². The Kier molecular flexibility index (Phi) is 13.3. The van der Waals surface area contributed by atoms with Gasteiger partial charge in [0.1, 0.15) is 0 Å². The zero-order chi connectivity index (χ0) is 27.0. The van der Waals surface area contributed by atoms with Crippen LogP contribution in [-0.4, -0.2) is 0 Å². The van der Waals surface area contributed by atoms with Gasteiger partial charge >= 0.3 is 0 Å². The summed E-state index contributed by atoms with van der Waals surface area (Å²) in [7, 11) is 0. The molecule has 1 aliphatic rings. The Morgan fingerprint density at radius 3 is 2.59 bits per heavy atom. The third kappa shape index (κ3) is 11.1. The zero-order valence-corrected chi connectivity index (χ0v) is 24.1. The fourth-order valence-corrected chi connectivity index (χ4v) is 4.30. The quantitative estimate of drug-likeness (QED) is 0.286. The molecule has 0 amide bonds. The molecule has 0 radical (unpaired) electrons. The molecule has 0 aromatic heterocycles. The Morgan fingerprint density at radius 1 is 1.05 bits per heavy atom. The number of allylic oxidation sites excluding steroid dienone is 16. The Balaban J connectivity index is 2.06. The Morgan fingerprint density at radius 2 is 1.86 bits per heavy atom. The molecule has 0 saturated heterocycles. The molecule has 0 fully saturated rings. The van der Waals surface area contributed by atoms with E-state index in [1.165, 1.54) is 44.7 Å². The number of benzene rings is 1. The van der Waals surface area contributed by atoms with E-state index >= 15 is 0 Å². The molecule has 1 N–H and O–H groups in total. The van der Waals surface area contributed by atoms with Gasteiger partial charge in [0.25, 0.3) is 0 Å². The molecule has 196 valence electrons. The zero-order valence-electron chi connectivity index (χ0n) is 24.1. The Labute approximate surface area is 227 Å². The van der Waals surface area contributed by atoms with Crippen molar-refractivity contribution >= 4 is 6.08 Å². The summed E-state index contributed by atoms with van der Waals surface area (Å²) >= 11 is 0. The molecule has 2 rings (SSSR count). The maximum atomic E-state index is 3.55. The molecule has 1 nitrogen and oxygen atoms in total. The lowest BCUT2D eigenvalue weighted by molar-refractivity contribution is 0.832. The predicted molar refractivity (Wildman–Crippen MR) is 166 cm³/mol. The van der Waals surface area contributed by atoms with Crippen LogP contribution in [0.2, 0.25) is 0 Å². The molecule has 0 spiro atoms. The molecular weight excluding hydrogens is 446 g/mol. The van der Waals surface area contributed by atoms with Gasteiger partial charge in [-0.3, -0.25) is 0 Å². The van der Waals surface area contributed by atoms with Gasteiger partial charge in [-0.2, -0.15) is 0 Å². The first kappa shape index (κ1) is 29.9. The van der Waals surface area contributed by atoms with Gasteiger partial charge in [-0.1, -0.05) is 114 Å². The van der Waals surface area contributed by atoms with E-state index in [9.17, 15) is 0 Å². The largest absolute Gasteiger partial charge is 0.365 e. The van der Waals surface area contributed by atoms with Crippen LogP contribution in [0.25, 0.3) is 6.08 Å². The van der Waals surface area contributed by atoms with Crippen molar-refractivity contribution < 1.29 is 0 Å². The van der Waals surface area contributed by atoms with Crippen LogP contribution < -0.4 is 5.32 Å². The lowest BCUT2D eigenvalue weighted by Crippen LogP contribution is -2.06. The smallest absolute Gasteiger partial charge is 0.0149 e. The number of rotatable bonds is 12. The van der Waals surface area contributed by atoms with Crippen LogP contribution in [0, 0.1) is 12.8 Å². The highest BCUT2D eigenvalue weighted by Crippen LogP contribution is 2.22. The molecular formula is C36H47N. The van der Waals surface area contributed by atoms with Gasteiger partial charge < -0.3 is 5.32 Å². The number of hydrogen-bond acceptors (Lipinski definition) is 1. The van der Waals surface area contributed by atoms with Crippen molar-refractivity contribution in [1.29, 1.82) is 0 Å². The van der Waals surface area contributed by atoms with Crippen molar-refractivity contribution in [2.75, 3.05) is 0 Å². The highest BCUT2D eigenvalue weighted by Gasteiger charge is 2.05. The molecule has 1 unspecified atom stereocenters. The Hall–Kier alpha value is -3.32. The predicted octanol–water partition coefficient (Wildman–Crippen LogP) is 10.3. The van der Waals surface area contributed by atoms with Crippen LogP contribution in [0.1, 0.15) is 77.5 Å². The van der Waals surface area contributed by atoms with Crippen LogP contribution in [0.4, 0.5) is 0 Å². The van der Waals surface area contributed by atoms with Gasteiger partial charge in [-0.15, -0.1) is 0 Å². The minimum Gasteiger partial charge on any atom is -0.365 e. The van der Waals surface area contributed by atoms with Crippen molar-refractivity contribution in [1.82, 2.24) is 5.32 Å². The third-order valence-electron chi connectivity index (χ3n) is 6.85. The second kappa shape index (κ2) is 16.4. The van der Waals surface area contributed by atoms with Crippen LogP contribution >= 0.6 is 0 Å². The summed E-state index contributed by atoms with van der Waals surface area (Å²) < 4.78 is 0. The van der Waals surface area contributed by atoms with Gasteiger partial charge in [0, 0.05) is 5.70 Å². The van der Waals surface area contributed by atoms with Crippen molar-refractivity contribution in [3.63, 3.8) is 0 Å². The molecule has 0 saturated carbocycles.